The molecule has 0 saturated heterocycles. The number of methoxy groups -OCH3 is 1. The van der Waals surface area contributed by atoms with E-state index in [4.69, 9.17) is 4.74 Å². The largest absolute Gasteiger partial charge is 0.495 e. The normalized spacial score (nSPS) is 12.2. The molecular weight excluding hydrogens is 328 g/mol. The van der Waals surface area contributed by atoms with Gasteiger partial charge in [-0.1, -0.05) is 28.9 Å². The first-order chi connectivity index (χ1) is 10.2. The fourth-order valence-electron chi connectivity index (χ4n) is 2.32. The van der Waals surface area contributed by atoms with Crippen molar-refractivity contribution in [2.24, 2.45) is 0 Å². The number of hydrogen-bond donors (Lipinski definition) is 1. The predicted molar refractivity (Wildman–Crippen MR) is 89.8 cm³/mol. The third-order valence-electron chi connectivity index (χ3n) is 3.45. The van der Waals surface area contributed by atoms with E-state index >= 15 is 0 Å². The van der Waals surface area contributed by atoms with Crippen molar-refractivity contribution < 1.29 is 4.74 Å². The summed E-state index contributed by atoms with van der Waals surface area (Å²) in [6.07, 6.45) is 4.71. The van der Waals surface area contributed by atoms with E-state index < -0.39 is 0 Å². The maximum Gasteiger partial charge on any atom is 0.137 e. The lowest BCUT2D eigenvalue weighted by atomic mass is 9.96. The van der Waals surface area contributed by atoms with E-state index in [0.717, 1.165) is 28.8 Å². The number of hydrogen-bond acceptors (Lipinski definition) is 3. The molecular formula is C17H21BrN2O. The Labute approximate surface area is 134 Å². The first kappa shape index (κ1) is 16.0. The average molecular weight is 349 g/mol. The molecule has 112 valence electrons. The molecule has 0 saturated carbocycles. The maximum absolute atomic E-state index is 5.30. The van der Waals surface area contributed by atoms with Crippen LogP contribution >= 0.6 is 15.9 Å². The number of pyridine rings is 1. The summed E-state index contributed by atoms with van der Waals surface area (Å²) in [4.78, 5) is 4.29. The SMILES string of the molecule is CCCNC(c1cncc(OC)c1)c1cc(Br)ccc1C. The van der Waals surface area contributed by atoms with Crippen LogP contribution in [-0.2, 0) is 0 Å². The Morgan fingerprint density at radius 1 is 1.29 bits per heavy atom. The van der Waals surface area contributed by atoms with Crippen LogP contribution in [0, 0.1) is 6.92 Å². The lowest BCUT2D eigenvalue weighted by Crippen LogP contribution is -2.24. The Balaban J connectivity index is 2.44. The van der Waals surface area contributed by atoms with Crippen LogP contribution in [0.4, 0.5) is 0 Å². The summed E-state index contributed by atoms with van der Waals surface area (Å²) in [5.41, 5.74) is 3.63. The van der Waals surface area contributed by atoms with E-state index in [-0.39, 0.29) is 6.04 Å². The Morgan fingerprint density at radius 2 is 2.10 bits per heavy atom. The number of nitrogens with zero attached hydrogens (tertiary/aromatic N) is 1. The van der Waals surface area contributed by atoms with E-state index in [1.807, 2.05) is 12.3 Å². The molecule has 4 heteroatoms. The quantitative estimate of drug-likeness (QED) is 0.847. The highest BCUT2D eigenvalue weighted by Crippen LogP contribution is 2.28. The number of halogens is 1. The molecule has 1 aromatic carbocycles. The highest BCUT2D eigenvalue weighted by atomic mass is 79.9. The lowest BCUT2D eigenvalue weighted by Gasteiger charge is -2.22. The molecule has 21 heavy (non-hydrogen) atoms. The van der Waals surface area contributed by atoms with Crippen LogP contribution in [0.25, 0.3) is 0 Å². The van der Waals surface area contributed by atoms with Gasteiger partial charge >= 0.3 is 0 Å². The summed E-state index contributed by atoms with van der Waals surface area (Å²) in [5, 5.41) is 3.60. The monoisotopic (exact) mass is 348 g/mol. The van der Waals surface area contributed by atoms with Gasteiger partial charge in [-0.05, 0) is 54.8 Å². The molecule has 2 aromatic rings. The molecule has 0 spiro atoms. The number of ether oxygens (including phenoxy) is 1. The van der Waals surface area contributed by atoms with E-state index in [1.165, 1.54) is 11.1 Å². The highest BCUT2D eigenvalue weighted by molar-refractivity contribution is 9.10. The van der Waals surface area contributed by atoms with Crippen LogP contribution in [-0.4, -0.2) is 18.6 Å². The van der Waals surface area contributed by atoms with Crippen LogP contribution in [0.1, 0.15) is 36.1 Å². The van der Waals surface area contributed by atoms with Crippen molar-refractivity contribution in [3.05, 3.63) is 57.8 Å². The zero-order valence-electron chi connectivity index (χ0n) is 12.7. The van der Waals surface area contributed by atoms with Gasteiger partial charge in [-0.2, -0.15) is 0 Å². The molecule has 0 aliphatic heterocycles. The van der Waals surface area contributed by atoms with Gasteiger partial charge in [0.1, 0.15) is 5.75 Å². The molecule has 0 radical (unpaired) electrons. The molecule has 0 bridgehead atoms. The van der Waals surface area contributed by atoms with Crippen LogP contribution in [0.3, 0.4) is 0 Å². The Hall–Kier alpha value is -1.39. The standard InChI is InChI=1S/C17H21BrN2O/c1-4-7-20-17(13-8-15(21-3)11-19-10-13)16-9-14(18)6-5-12(16)2/h5-6,8-11,17,20H,4,7H2,1-3H3. The number of nitrogens with one attached hydrogen (secondary N) is 1. The zero-order valence-corrected chi connectivity index (χ0v) is 14.3. The summed E-state index contributed by atoms with van der Waals surface area (Å²) in [6, 6.07) is 8.53. The second-order valence-electron chi connectivity index (χ2n) is 5.05. The molecule has 1 unspecified atom stereocenters. The molecule has 3 nitrogen and oxygen atoms in total. The minimum Gasteiger partial charge on any atom is -0.495 e. The minimum absolute atomic E-state index is 0.116. The molecule has 0 amide bonds. The van der Waals surface area contributed by atoms with E-state index in [2.05, 4.69) is 58.3 Å². The molecule has 1 aromatic heterocycles. The predicted octanol–water partition coefficient (Wildman–Crippen LogP) is 4.25. The summed E-state index contributed by atoms with van der Waals surface area (Å²) >= 11 is 3.57. The highest BCUT2D eigenvalue weighted by Gasteiger charge is 2.17. The second-order valence-corrected chi connectivity index (χ2v) is 5.96. The van der Waals surface area contributed by atoms with Crippen molar-refractivity contribution in [2.45, 2.75) is 26.3 Å². The van der Waals surface area contributed by atoms with Gasteiger partial charge in [-0.25, -0.2) is 0 Å². The Kier molecular flexibility index (Phi) is 5.76. The van der Waals surface area contributed by atoms with E-state index in [0.29, 0.717) is 0 Å². The Bertz CT molecular complexity index is 601. The van der Waals surface area contributed by atoms with Gasteiger partial charge in [0.05, 0.1) is 19.3 Å². The van der Waals surface area contributed by atoms with Crippen LogP contribution in [0.15, 0.2) is 41.1 Å². The molecule has 0 aliphatic rings. The van der Waals surface area contributed by atoms with Crippen molar-refractivity contribution >= 4 is 15.9 Å². The van der Waals surface area contributed by atoms with E-state index in [9.17, 15) is 0 Å². The molecule has 1 atom stereocenters. The summed E-state index contributed by atoms with van der Waals surface area (Å²) in [5.74, 6) is 0.781. The van der Waals surface area contributed by atoms with Gasteiger partial charge in [-0.15, -0.1) is 0 Å². The number of aromatic nitrogens is 1. The topological polar surface area (TPSA) is 34.2 Å². The van der Waals surface area contributed by atoms with Crippen molar-refractivity contribution in [3.63, 3.8) is 0 Å². The van der Waals surface area contributed by atoms with Crippen molar-refractivity contribution in [2.75, 3.05) is 13.7 Å². The number of benzene rings is 1. The van der Waals surface area contributed by atoms with Crippen molar-refractivity contribution in [3.8, 4) is 5.75 Å². The smallest absolute Gasteiger partial charge is 0.137 e. The summed E-state index contributed by atoms with van der Waals surface area (Å²) in [7, 11) is 1.67. The van der Waals surface area contributed by atoms with Crippen molar-refractivity contribution in [1.29, 1.82) is 0 Å². The number of rotatable bonds is 6. The van der Waals surface area contributed by atoms with E-state index in [1.54, 1.807) is 13.3 Å². The van der Waals surface area contributed by atoms with Gasteiger partial charge < -0.3 is 10.1 Å². The average Bonchev–Trinajstić information content (AvgIpc) is 2.51. The van der Waals surface area contributed by atoms with Crippen LogP contribution < -0.4 is 10.1 Å². The summed E-state index contributed by atoms with van der Waals surface area (Å²) in [6.45, 7) is 5.26. The molecule has 0 aliphatic carbocycles. The van der Waals surface area contributed by atoms with Gasteiger partial charge in [0.15, 0.2) is 0 Å². The third-order valence-corrected chi connectivity index (χ3v) is 3.95. The number of aryl methyl sites for hydroxylation is 1. The summed E-state index contributed by atoms with van der Waals surface area (Å²) < 4.78 is 6.39. The van der Waals surface area contributed by atoms with Crippen LogP contribution in [0.2, 0.25) is 0 Å². The fourth-order valence-corrected chi connectivity index (χ4v) is 2.70. The molecule has 1 heterocycles. The third kappa shape index (κ3) is 4.05. The second kappa shape index (κ2) is 7.57. The minimum atomic E-state index is 0.116. The maximum atomic E-state index is 5.30. The first-order valence-electron chi connectivity index (χ1n) is 7.14. The van der Waals surface area contributed by atoms with Gasteiger partial charge in [0.25, 0.3) is 0 Å². The first-order valence-corrected chi connectivity index (χ1v) is 7.93. The van der Waals surface area contributed by atoms with Gasteiger partial charge in [0, 0.05) is 10.7 Å². The lowest BCUT2D eigenvalue weighted by molar-refractivity contribution is 0.411. The Morgan fingerprint density at radius 3 is 2.81 bits per heavy atom. The van der Waals surface area contributed by atoms with Crippen LogP contribution in [0.5, 0.6) is 5.75 Å². The fraction of sp³-hybridized carbons (Fsp3) is 0.353. The van der Waals surface area contributed by atoms with Crippen molar-refractivity contribution in [1.82, 2.24) is 10.3 Å². The molecule has 1 N–H and O–H groups in total. The van der Waals surface area contributed by atoms with Gasteiger partial charge in [-0.3, -0.25) is 4.98 Å². The van der Waals surface area contributed by atoms with Gasteiger partial charge in [0.2, 0.25) is 0 Å². The zero-order chi connectivity index (χ0) is 15.2. The molecule has 2 rings (SSSR count). The molecule has 0 fully saturated rings.